The number of benzene rings is 1. The first-order chi connectivity index (χ1) is 8.54. The Kier molecular flexibility index (Phi) is 5.00. The van der Waals surface area contributed by atoms with E-state index in [4.69, 9.17) is 12.2 Å². The zero-order chi connectivity index (χ0) is 13.5. The molecular formula is C10H12N4O3S. The van der Waals surface area contributed by atoms with Gasteiger partial charge in [-0.3, -0.25) is 15.5 Å². The smallest absolute Gasteiger partial charge is 0.311 e. The fraction of sp³-hybridized carbons (Fsp3) is 0.200. The number of hydrazone groups is 1. The van der Waals surface area contributed by atoms with Crippen LogP contribution >= 0.6 is 12.2 Å². The van der Waals surface area contributed by atoms with Gasteiger partial charge in [0.05, 0.1) is 11.1 Å². The van der Waals surface area contributed by atoms with Crippen LogP contribution in [0.5, 0.6) is 5.75 Å². The molecule has 1 aromatic carbocycles. The van der Waals surface area contributed by atoms with Gasteiger partial charge in [-0.05, 0) is 31.3 Å². The van der Waals surface area contributed by atoms with Crippen molar-refractivity contribution in [2.45, 2.75) is 6.92 Å². The van der Waals surface area contributed by atoms with E-state index in [1.807, 2.05) is 6.92 Å². The third-order valence-corrected chi connectivity index (χ3v) is 2.15. The maximum atomic E-state index is 10.6. The Labute approximate surface area is 109 Å². The minimum Gasteiger partial charge on any atom is -0.502 e. The molecule has 18 heavy (non-hydrogen) atoms. The maximum absolute atomic E-state index is 10.6. The van der Waals surface area contributed by atoms with Gasteiger partial charge in [-0.2, -0.15) is 5.10 Å². The van der Waals surface area contributed by atoms with Crippen molar-refractivity contribution in [1.29, 1.82) is 0 Å². The molecule has 0 aliphatic rings. The molecule has 0 spiro atoms. The number of hydrogen-bond acceptors (Lipinski definition) is 5. The Morgan fingerprint density at radius 3 is 3.00 bits per heavy atom. The fourth-order valence-electron chi connectivity index (χ4n) is 1.13. The van der Waals surface area contributed by atoms with Crippen molar-refractivity contribution in [2.75, 3.05) is 6.54 Å². The summed E-state index contributed by atoms with van der Waals surface area (Å²) in [5, 5.41) is 26.9. The van der Waals surface area contributed by atoms with Crippen molar-refractivity contribution in [1.82, 2.24) is 10.7 Å². The van der Waals surface area contributed by atoms with Gasteiger partial charge in [0.15, 0.2) is 10.9 Å². The Morgan fingerprint density at radius 1 is 1.67 bits per heavy atom. The predicted molar refractivity (Wildman–Crippen MR) is 71.8 cm³/mol. The lowest BCUT2D eigenvalue weighted by Gasteiger charge is -2.02. The zero-order valence-corrected chi connectivity index (χ0v) is 10.4. The fourth-order valence-corrected chi connectivity index (χ4v) is 1.33. The van der Waals surface area contributed by atoms with Crippen LogP contribution in [0.3, 0.4) is 0 Å². The zero-order valence-electron chi connectivity index (χ0n) is 9.58. The SMILES string of the molecule is CCNC(=S)NN=Cc1ccc(O)c([N+](=O)[O-])c1. The molecule has 8 heteroatoms. The number of phenolic OH excluding ortho intramolecular Hbond substituents is 1. The van der Waals surface area contributed by atoms with Crippen molar-refractivity contribution in [3.05, 3.63) is 33.9 Å². The summed E-state index contributed by atoms with van der Waals surface area (Å²) in [6.07, 6.45) is 1.37. The van der Waals surface area contributed by atoms with E-state index in [1.54, 1.807) is 0 Å². The summed E-state index contributed by atoms with van der Waals surface area (Å²) in [5.41, 5.74) is 2.66. The van der Waals surface area contributed by atoms with Crippen LogP contribution in [0, 0.1) is 10.1 Å². The highest BCUT2D eigenvalue weighted by Gasteiger charge is 2.12. The van der Waals surface area contributed by atoms with Gasteiger partial charge < -0.3 is 10.4 Å². The number of aromatic hydroxyl groups is 1. The molecular weight excluding hydrogens is 256 g/mol. The molecule has 1 rings (SSSR count). The average molecular weight is 268 g/mol. The standard InChI is InChI=1S/C10H12N4O3S/c1-2-11-10(18)13-12-6-7-3-4-9(15)8(5-7)14(16)17/h3-6,15H,2H2,1H3,(H2,11,13,18). The molecule has 1 aromatic rings. The highest BCUT2D eigenvalue weighted by molar-refractivity contribution is 7.80. The number of rotatable bonds is 4. The summed E-state index contributed by atoms with van der Waals surface area (Å²) in [6.45, 7) is 2.56. The number of nitro benzene ring substituents is 1. The van der Waals surface area contributed by atoms with Crippen LogP contribution in [-0.4, -0.2) is 27.9 Å². The van der Waals surface area contributed by atoms with Gasteiger partial charge in [0.25, 0.3) is 0 Å². The van der Waals surface area contributed by atoms with Crippen molar-refractivity contribution < 1.29 is 10.0 Å². The molecule has 0 atom stereocenters. The van der Waals surface area contributed by atoms with E-state index in [2.05, 4.69) is 15.8 Å². The summed E-state index contributed by atoms with van der Waals surface area (Å²) < 4.78 is 0. The van der Waals surface area contributed by atoms with E-state index in [0.717, 1.165) is 0 Å². The van der Waals surface area contributed by atoms with E-state index in [0.29, 0.717) is 17.2 Å². The second-order valence-corrected chi connectivity index (χ2v) is 3.64. The first-order valence-electron chi connectivity index (χ1n) is 5.09. The molecule has 7 nitrogen and oxygen atoms in total. The Hall–Kier alpha value is -2.22. The maximum Gasteiger partial charge on any atom is 0.311 e. The first-order valence-corrected chi connectivity index (χ1v) is 5.49. The summed E-state index contributed by atoms with van der Waals surface area (Å²) in [7, 11) is 0. The monoisotopic (exact) mass is 268 g/mol. The quantitative estimate of drug-likeness (QED) is 0.327. The van der Waals surface area contributed by atoms with Gasteiger partial charge in [-0.1, -0.05) is 0 Å². The Balaban J connectivity index is 2.73. The van der Waals surface area contributed by atoms with Crippen molar-refractivity contribution >= 4 is 29.2 Å². The third-order valence-electron chi connectivity index (χ3n) is 1.91. The topological polar surface area (TPSA) is 99.8 Å². The van der Waals surface area contributed by atoms with Crippen LogP contribution < -0.4 is 10.7 Å². The molecule has 0 fully saturated rings. The molecule has 0 aliphatic heterocycles. The van der Waals surface area contributed by atoms with Crippen LogP contribution in [-0.2, 0) is 0 Å². The van der Waals surface area contributed by atoms with Gasteiger partial charge in [-0.15, -0.1) is 0 Å². The molecule has 0 amide bonds. The van der Waals surface area contributed by atoms with Crippen molar-refractivity contribution in [2.24, 2.45) is 5.10 Å². The average Bonchev–Trinajstić information content (AvgIpc) is 2.31. The molecule has 0 radical (unpaired) electrons. The Morgan fingerprint density at radius 2 is 2.39 bits per heavy atom. The van der Waals surface area contributed by atoms with Crippen molar-refractivity contribution in [3.8, 4) is 5.75 Å². The predicted octanol–water partition coefficient (Wildman–Crippen LogP) is 1.12. The second-order valence-electron chi connectivity index (χ2n) is 3.23. The van der Waals surface area contributed by atoms with Crippen LogP contribution in [0.1, 0.15) is 12.5 Å². The molecule has 0 bridgehead atoms. The van der Waals surface area contributed by atoms with Gasteiger partial charge in [0.1, 0.15) is 0 Å². The summed E-state index contributed by atoms with van der Waals surface area (Å²) in [4.78, 5) is 9.93. The molecule has 0 heterocycles. The summed E-state index contributed by atoms with van der Waals surface area (Å²) >= 11 is 4.87. The van der Waals surface area contributed by atoms with Crippen molar-refractivity contribution in [3.63, 3.8) is 0 Å². The first kappa shape index (κ1) is 13.8. The van der Waals surface area contributed by atoms with E-state index >= 15 is 0 Å². The highest BCUT2D eigenvalue weighted by atomic mass is 32.1. The van der Waals surface area contributed by atoms with E-state index in [9.17, 15) is 15.2 Å². The van der Waals surface area contributed by atoms with E-state index in [-0.39, 0.29) is 11.4 Å². The summed E-state index contributed by atoms with van der Waals surface area (Å²) in [5.74, 6) is -0.381. The van der Waals surface area contributed by atoms with E-state index < -0.39 is 4.92 Å². The molecule has 0 saturated heterocycles. The lowest BCUT2D eigenvalue weighted by molar-refractivity contribution is -0.385. The normalized spacial score (nSPS) is 10.3. The minimum absolute atomic E-state index is 0.363. The van der Waals surface area contributed by atoms with Crippen LogP contribution in [0.2, 0.25) is 0 Å². The van der Waals surface area contributed by atoms with Crippen LogP contribution in [0.15, 0.2) is 23.3 Å². The number of nitrogens with one attached hydrogen (secondary N) is 2. The highest BCUT2D eigenvalue weighted by Crippen LogP contribution is 2.25. The van der Waals surface area contributed by atoms with Gasteiger partial charge >= 0.3 is 5.69 Å². The lowest BCUT2D eigenvalue weighted by Crippen LogP contribution is -2.31. The Bertz CT molecular complexity index is 490. The number of hydrogen-bond donors (Lipinski definition) is 3. The molecule has 0 unspecified atom stereocenters. The summed E-state index contributed by atoms with van der Waals surface area (Å²) in [6, 6.07) is 3.96. The third kappa shape index (κ3) is 3.98. The van der Waals surface area contributed by atoms with Crippen LogP contribution in [0.25, 0.3) is 0 Å². The minimum atomic E-state index is -0.663. The number of thiocarbonyl (C=S) groups is 1. The largest absolute Gasteiger partial charge is 0.502 e. The molecule has 3 N–H and O–H groups in total. The lowest BCUT2D eigenvalue weighted by atomic mass is 10.2. The van der Waals surface area contributed by atoms with Gasteiger partial charge in [-0.25, -0.2) is 0 Å². The van der Waals surface area contributed by atoms with E-state index in [1.165, 1.54) is 24.4 Å². The number of phenols is 1. The molecule has 0 aliphatic carbocycles. The number of nitro groups is 1. The molecule has 0 saturated carbocycles. The molecule has 96 valence electrons. The van der Waals surface area contributed by atoms with Gasteiger partial charge in [0, 0.05) is 18.2 Å². The molecule has 0 aromatic heterocycles. The second kappa shape index (κ2) is 6.50. The van der Waals surface area contributed by atoms with Gasteiger partial charge in [0.2, 0.25) is 0 Å². The van der Waals surface area contributed by atoms with Crippen LogP contribution in [0.4, 0.5) is 5.69 Å². The number of nitrogens with zero attached hydrogens (tertiary/aromatic N) is 2.